The molecule has 0 bridgehead atoms. The molecule has 1 heterocycles. The third kappa shape index (κ3) is 3.23. The fraction of sp³-hybridized carbons (Fsp3) is 0.375. The highest BCUT2D eigenvalue weighted by molar-refractivity contribution is 9.09. The van der Waals surface area contributed by atoms with Crippen LogP contribution in [0.5, 0.6) is 5.75 Å². The van der Waals surface area contributed by atoms with E-state index in [-0.39, 0.29) is 16.1 Å². The summed E-state index contributed by atoms with van der Waals surface area (Å²) in [5.74, 6) is 0.282. The Morgan fingerprint density at radius 1 is 1.20 bits per heavy atom. The third-order valence-electron chi connectivity index (χ3n) is 3.10. The molecule has 4 heteroatoms. The minimum atomic E-state index is -0.253. The van der Waals surface area contributed by atoms with E-state index in [2.05, 4.69) is 48.8 Å². The molecule has 0 aliphatic heterocycles. The predicted molar refractivity (Wildman–Crippen MR) is 86.7 cm³/mol. The summed E-state index contributed by atoms with van der Waals surface area (Å²) < 4.78 is 19.1. The second-order valence-corrected chi connectivity index (χ2v) is 7.73. The number of hydrogen-bond donors (Lipinski definition) is 0. The van der Waals surface area contributed by atoms with Gasteiger partial charge in [0.05, 0.1) is 11.9 Å². The van der Waals surface area contributed by atoms with Crippen molar-refractivity contribution in [3.05, 3.63) is 51.5 Å². The largest absolute Gasteiger partial charge is 0.497 e. The first kappa shape index (κ1) is 15.5. The van der Waals surface area contributed by atoms with Gasteiger partial charge in [-0.15, -0.1) is 11.3 Å². The molecule has 0 saturated heterocycles. The quantitative estimate of drug-likeness (QED) is 0.643. The van der Waals surface area contributed by atoms with E-state index in [1.54, 1.807) is 23.5 Å². The predicted octanol–water partition coefficient (Wildman–Crippen LogP) is 5.68. The number of ether oxygens (including phenoxy) is 1. The van der Waals surface area contributed by atoms with Crippen molar-refractivity contribution >= 4 is 27.3 Å². The number of thiophene rings is 1. The molecule has 0 radical (unpaired) electrons. The Kier molecular flexibility index (Phi) is 4.55. The lowest BCUT2D eigenvalue weighted by Gasteiger charge is -2.16. The monoisotopic (exact) mass is 356 g/mol. The minimum absolute atomic E-state index is 0.119. The van der Waals surface area contributed by atoms with Crippen molar-refractivity contribution in [3.8, 4) is 5.75 Å². The van der Waals surface area contributed by atoms with E-state index in [1.807, 2.05) is 0 Å². The third-order valence-corrected chi connectivity index (χ3v) is 5.96. The van der Waals surface area contributed by atoms with Gasteiger partial charge in [-0.1, -0.05) is 42.8 Å². The SMILES string of the molecule is COc1ccc(C(Br)c2ccc(C(C)(C)C)s2)c(F)c1. The molecule has 0 fully saturated rings. The van der Waals surface area contributed by atoms with E-state index in [4.69, 9.17) is 4.74 Å². The van der Waals surface area contributed by atoms with Crippen LogP contribution in [0.15, 0.2) is 30.3 Å². The van der Waals surface area contributed by atoms with Gasteiger partial charge in [0, 0.05) is 21.4 Å². The van der Waals surface area contributed by atoms with Crippen LogP contribution in [-0.2, 0) is 5.41 Å². The number of benzene rings is 1. The molecule has 2 aromatic rings. The molecular formula is C16H18BrFOS. The molecule has 0 spiro atoms. The minimum Gasteiger partial charge on any atom is -0.497 e. The number of halogens is 2. The van der Waals surface area contributed by atoms with Crippen LogP contribution in [0.1, 0.15) is 40.9 Å². The van der Waals surface area contributed by atoms with E-state index in [0.29, 0.717) is 11.3 Å². The Morgan fingerprint density at radius 2 is 1.90 bits per heavy atom. The van der Waals surface area contributed by atoms with Gasteiger partial charge in [-0.05, 0) is 23.6 Å². The van der Waals surface area contributed by atoms with Gasteiger partial charge in [-0.25, -0.2) is 4.39 Å². The van der Waals surface area contributed by atoms with Crippen molar-refractivity contribution in [1.29, 1.82) is 0 Å². The first-order valence-electron chi connectivity index (χ1n) is 6.40. The van der Waals surface area contributed by atoms with Gasteiger partial charge in [0.1, 0.15) is 11.6 Å². The number of methoxy groups -OCH3 is 1. The summed E-state index contributed by atoms with van der Waals surface area (Å²) in [5, 5.41) is 0. The Labute approximate surface area is 131 Å². The van der Waals surface area contributed by atoms with Gasteiger partial charge in [-0.3, -0.25) is 0 Å². The first-order valence-corrected chi connectivity index (χ1v) is 8.14. The highest BCUT2D eigenvalue weighted by Crippen LogP contribution is 2.40. The van der Waals surface area contributed by atoms with Crippen molar-refractivity contribution < 1.29 is 9.13 Å². The second kappa shape index (κ2) is 5.86. The Hall–Kier alpha value is -0.870. The van der Waals surface area contributed by atoms with E-state index >= 15 is 0 Å². The standard InChI is InChI=1S/C16H18BrFOS/c1-16(2,3)14-8-7-13(20-14)15(17)11-6-5-10(19-4)9-12(11)18/h5-9,15H,1-4H3. The molecule has 1 aromatic carbocycles. The van der Waals surface area contributed by atoms with Crippen LogP contribution in [0.25, 0.3) is 0 Å². The molecule has 0 aliphatic carbocycles. The number of rotatable bonds is 3. The number of alkyl halides is 1. The van der Waals surface area contributed by atoms with Crippen molar-refractivity contribution in [2.75, 3.05) is 7.11 Å². The van der Waals surface area contributed by atoms with Gasteiger partial charge >= 0.3 is 0 Å². The van der Waals surface area contributed by atoms with Gasteiger partial charge in [-0.2, -0.15) is 0 Å². The fourth-order valence-electron chi connectivity index (χ4n) is 1.89. The maximum absolute atomic E-state index is 14.1. The van der Waals surface area contributed by atoms with Crippen LogP contribution in [0, 0.1) is 5.82 Å². The van der Waals surface area contributed by atoms with E-state index in [9.17, 15) is 4.39 Å². The summed E-state index contributed by atoms with van der Waals surface area (Å²) in [7, 11) is 1.54. The van der Waals surface area contributed by atoms with Crippen molar-refractivity contribution in [3.63, 3.8) is 0 Å². The average molecular weight is 357 g/mol. The maximum Gasteiger partial charge on any atom is 0.131 e. The topological polar surface area (TPSA) is 9.23 Å². The lowest BCUT2D eigenvalue weighted by Crippen LogP contribution is -2.07. The van der Waals surface area contributed by atoms with Gasteiger partial charge in [0.15, 0.2) is 0 Å². The van der Waals surface area contributed by atoms with Crippen molar-refractivity contribution in [2.45, 2.75) is 31.0 Å². The Morgan fingerprint density at radius 3 is 2.40 bits per heavy atom. The molecule has 20 heavy (non-hydrogen) atoms. The highest BCUT2D eigenvalue weighted by Gasteiger charge is 2.21. The zero-order chi connectivity index (χ0) is 14.9. The molecule has 1 atom stereocenters. The van der Waals surface area contributed by atoms with E-state index < -0.39 is 0 Å². The van der Waals surface area contributed by atoms with Crippen LogP contribution < -0.4 is 4.74 Å². The average Bonchev–Trinajstić information content (AvgIpc) is 2.87. The Balaban J connectivity index is 2.31. The summed E-state index contributed by atoms with van der Waals surface area (Å²) >= 11 is 5.32. The van der Waals surface area contributed by atoms with Crippen LogP contribution >= 0.6 is 27.3 Å². The highest BCUT2D eigenvalue weighted by atomic mass is 79.9. The van der Waals surface area contributed by atoms with E-state index in [1.165, 1.54) is 18.1 Å². The summed E-state index contributed by atoms with van der Waals surface area (Å²) in [6.45, 7) is 6.54. The summed E-state index contributed by atoms with van der Waals surface area (Å²) in [6, 6.07) is 9.15. The molecule has 1 nitrogen and oxygen atoms in total. The Bertz CT molecular complexity index is 601. The van der Waals surface area contributed by atoms with Crippen LogP contribution in [0.4, 0.5) is 4.39 Å². The van der Waals surface area contributed by atoms with Crippen LogP contribution in [0.2, 0.25) is 0 Å². The first-order chi connectivity index (χ1) is 9.32. The molecule has 108 valence electrons. The van der Waals surface area contributed by atoms with E-state index in [0.717, 1.165) is 4.88 Å². The number of hydrogen-bond acceptors (Lipinski definition) is 2. The zero-order valence-electron chi connectivity index (χ0n) is 12.0. The van der Waals surface area contributed by atoms with Gasteiger partial charge in [0.25, 0.3) is 0 Å². The zero-order valence-corrected chi connectivity index (χ0v) is 14.4. The molecule has 0 aliphatic rings. The lowest BCUT2D eigenvalue weighted by atomic mass is 9.95. The molecule has 0 saturated carbocycles. The molecule has 0 N–H and O–H groups in total. The molecule has 0 amide bonds. The molecular weight excluding hydrogens is 339 g/mol. The summed E-state index contributed by atoms with van der Waals surface area (Å²) in [6.07, 6.45) is 0. The summed E-state index contributed by atoms with van der Waals surface area (Å²) in [5.41, 5.74) is 0.752. The van der Waals surface area contributed by atoms with Gasteiger partial charge < -0.3 is 4.74 Å². The fourth-order valence-corrected chi connectivity index (χ4v) is 3.75. The van der Waals surface area contributed by atoms with Crippen molar-refractivity contribution in [2.24, 2.45) is 0 Å². The smallest absolute Gasteiger partial charge is 0.131 e. The second-order valence-electron chi connectivity index (χ2n) is 5.70. The molecule has 1 unspecified atom stereocenters. The molecule has 2 rings (SSSR count). The summed E-state index contributed by atoms with van der Waals surface area (Å²) in [4.78, 5) is 2.28. The maximum atomic E-state index is 14.1. The normalized spacial score (nSPS) is 13.3. The lowest BCUT2D eigenvalue weighted by molar-refractivity contribution is 0.411. The molecule has 1 aromatic heterocycles. The van der Waals surface area contributed by atoms with Crippen LogP contribution in [0.3, 0.4) is 0 Å². The van der Waals surface area contributed by atoms with Gasteiger partial charge in [0.2, 0.25) is 0 Å². The van der Waals surface area contributed by atoms with Crippen molar-refractivity contribution in [1.82, 2.24) is 0 Å². The van der Waals surface area contributed by atoms with Crippen LogP contribution in [-0.4, -0.2) is 7.11 Å².